The van der Waals surface area contributed by atoms with E-state index in [0.717, 1.165) is 0 Å². The number of aromatic amines is 1. The fourth-order valence-corrected chi connectivity index (χ4v) is 2.81. The van der Waals surface area contributed by atoms with Crippen molar-refractivity contribution in [1.82, 2.24) is 15.2 Å². The smallest absolute Gasteiger partial charge is 0.243 e. The van der Waals surface area contributed by atoms with Crippen LogP contribution in [0, 0.1) is 0 Å². The van der Waals surface area contributed by atoms with Crippen LogP contribution in [-0.4, -0.2) is 32.7 Å². The van der Waals surface area contributed by atoms with Crippen LogP contribution < -0.4 is 11.1 Å². The van der Waals surface area contributed by atoms with E-state index in [1.54, 1.807) is 0 Å². The number of nitrogens with zero attached hydrogens (tertiary/aromatic N) is 2. The van der Waals surface area contributed by atoms with Crippen LogP contribution in [0.3, 0.4) is 0 Å². The molecular formula is C8H15N5S. The van der Waals surface area contributed by atoms with E-state index in [4.69, 9.17) is 5.73 Å². The van der Waals surface area contributed by atoms with Gasteiger partial charge < -0.3 is 11.1 Å². The number of aromatic nitrogens is 3. The highest BCUT2D eigenvalue weighted by molar-refractivity contribution is 7.99. The minimum Gasteiger partial charge on any atom is -0.368 e. The van der Waals surface area contributed by atoms with Gasteiger partial charge in [-0.05, 0) is 19.1 Å². The van der Waals surface area contributed by atoms with E-state index < -0.39 is 0 Å². The molecule has 1 saturated carbocycles. The summed E-state index contributed by atoms with van der Waals surface area (Å²) in [6.07, 6.45) is 5.90. The van der Waals surface area contributed by atoms with E-state index in [9.17, 15) is 0 Å². The van der Waals surface area contributed by atoms with Crippen LogP contribution in [0.25, 0.3) is 0 Å². The topological polar surface area (TPSA) is 79.6 Å². The number of nitrogen functional groups attached to an aromatic ring is 1. The Morgan fingerprint density at radius 1 is 1.57 bits per heavy atom. The molecule has 2 atom stereocenters. The van der Waals surface area contributed by atoms with E-state index in [0.29, 0.717) is 23.2 Å². The van der Waals surface area contributed by atoms with Gasteiger partial charge in [0.2, 0.25) is 11.9 Å². The summed E-state index contributed by atoms with van der Waals surface area (Å²) >= 11 is 1.91. The Hall–Kier alpha value is -0.910. The van der Waals surface area contributed by atoms with Crippen molar-refractivity contribution in [2.45, 2.75) is 30.6 Å². The van der Waals surface area contributed by atoms with Crippen molar-refractivity contribution in [1.29, 1.82) is 0 Å². The summed E-state index contributed by atoms with van der Waals surface area (Å²) in [7, 11) is 0. The average Bonchev–Trinajstić information content (AvgIpc) is 2.76. The van der Waals surface area contributed by atoms with Crippen molar-refractivity contribution in [3.63, 3.8) is 0 Å². The third kappa shape index (κ3) is 1.95. The van der Waals surface area contributed by atoms with Crippen molar-refractivity contribution in [3.05, 3.63) is 0 Å². The Balaban J connectivity index is 1.96. The normalized spacial score (nSPS) is 26.6. The van der Waals surface area contributed by atoms with E-state index >= 15 is 0 Å². The molecule has 0 amide bonds. The van der Waals surface area contributed by atoms with Gasteiger partial charge in [-0.25, -0.2) is 5.10 Å². The van der Waals surface area contributed by atoms with Gasteiger partial charge in [0.1, 0.15) is 0 Å². The molecule has 1 aliphatic carbocycles. The minimum atomic E-state index is 0.367. The van der Waals surface area contributed by atoms with Crippen LogP contribution in [0.15, 0.2) is 0 Å². The standard InChI is InChI=1S/C8H15N5S/c1-14-6-4-2-3-5(6)10-8-11-7(9)12-13-8/h5-6H,2-4H2,1H3,(H4,9,10,11,12,13). The summed E-state index contributed by atoms with van der Waals surface area (Å²) in [4.78, 5) is 4.03. The van der Waals surface area contributed by atoms with Crippen LogP contribution in [0.2, 0.25) is 0 Å². The highest BCUT2D eigenvalue weighted by Gasteiger charge is 2.26. The van der Waals surface area contributed by atoms with Crippen LogP contribution in [0.4, 0.5) is 11.9 Å². The van der Waals surface area contributed by atoms with Gasteiger partial charge in [-0.2, -0.15) is 16.7 Å². The fourth-order valence-electron chi connectivity index (χ4n) is 1.88. The molecule has 1 aromatic heterocycles. The monoisotopic (exact) mass is 213 g/mol. The maximum Gasteiger partial charge on any atom is 0.243 e. The van der Waals surface area contributed by atoms with Crippen molar-refractivity contribution >= 4 is 23.7 Å². The minimum absolute atomic E-state index is 0.367. The van der Waals surface area contributed by atoms with Crippen LogP contribution >= 0.6 is 11.8 Å². The van der Waals surface area contributed by atoms with E-state index in [1.165, 1.54) is 19.3 Å². The first kappa shape index (κ1) is 9.64. The molecule has 0 aromatic carbocycles. The fraction of sp³-hybridized carbons (Fsp3) is 0.750. The molecule has 0 bridgehead atoms. The Bertz CT molecular complexity index is 300. The molecule has 1 aliphatic rings. The summed E-state index contributed by atoms with van der Waals surface area (Å²) in [6, 6.07) is 0.486. The molecule has 1 fully saturated rings. The van der Waals surface area contributed by atoms with Gasteiger partial charge in [0.25, 0.3) is 0 Å². The third-order valence-corrected chi connectivity index (χ3v) is 3.74. The number of nitrogens with one attached hydrogen (secondary N) is 2. The molecule has 1 heterocycles. The van der Waals surface area contributed by atoms with Crippen molar-refractivity contribution in [2.24, 2.45) is 0 Å². The van der Waals surface area contributed by atoms with Crippen molar-refractivity contribution in [2.75, 3.05) is 17.3 Å². The maximum absolute atomic E-state index is 5.45. The Morgan fingerprint density at radius 3 is 3.07 bits per heavy atom. The van der Waals surface area contributed by atoms with Crippen molar-refractivity contribution < 1.29 is 0 Å². The van der Waals surface area contributed by atoms with Gasteiger partial charge in [-0.1, -0.05) is 6.42 Å². The lowest BCUT2D eigenvalue weighted by atomic mass is 10.2. The molecule has 5 nitrogen and oxygen atoms in total. The molecule has 2 rings (SSSR count). The van der Waals surface area contributed by atoms with Gasteiger partial charge in [0.15, 0.2) is 0 Å². The summed E-state index contributed by atoms with van der Waals surface area (Å²) in [6.45, 7) is 0. The largest absolute Gasteiger partial charge is 0.368 e. The number of hydrogen-bond donors (Lipinski definition) is 3. The first-order valence-corrected chi connectivity index (χ1v) is 6.05. The summed E-state index contributed by atoms with van der Waals surface area (Å²) in [5.74, 6) is 0.986. The van der Waals surface area contributed by atoms with Crippen LogP contribution in [-0.2, 0) is 0 Å². The molecule has 78 valence electrons. The first-order valence-electron chi connectivity index (χ1n) is 4.77. The predicted molar refractivity (Wildman–Crippen MR) is 59.4 cm³/mol. The first-order chi connectivity index (χ1) is 6.79. The van der Waals surface area contributed by atoms with Gasteiger partial charge in [-0.15, -0.1) is 5.10 Å². The van der Waals surface area contributed by atoms with E-state index in [2.05, 4.69) is 26.8 Å². The predicted octanol–water partition coefficient (Wildman–Crippen LogP) is 1.08. The summed E-state index contributed by atoms with van der Waals surface area (Å²) < 4.78 is 0. The molecule has 2 unspecified atom stereocenters. The molecule has 0 radical (unpaired) electrons. The number of rotatable bonds is 3. The highest BCUT2D eigenvalue weighted by atomic mass is 32.2. The lowest BCUT2D eigenvalue weighted by molar-refractivity contribution is 0.757. The number of anilines is 2. The lowest BCUT2D eigenvalue weighted by Crippen LogP contribution is -2.26. The number of nitrogens with two attached hydrogens (primary N) is 1. The second kappa shape index (κ2) is 4.08. The number of H-pyrrole nitrogens is 1. The zero-order valence-corrected chi connectivity index (χ0v) is 8.97. The van der Waals surface area contributed by atoms with Crippen molar-refractivity contribution in [3.8, 4) is 0 Å². The molecule has 0 aliphatic heterocycles. The quantitative estimate of drug-likeness (QED) is 0.700. The van der Waals surface area contributed by atoms with Gasteiger partial charge in [0, 0.05) is 11.3 Å². The number of hydrogen-bond acceptors (Lipinski definition) is 5. The zero-order valence-electron chi connectivity index (χ0n) is 8.16. The third-order valence-electron chi connectivity index (χ3n) is 2.57. The number of thioether (sulfide) groups is 1. The lowest BCUT2D eigenvalue weighted by Gasteiger charge is -2.17. The Labute approximate surface area is 87.2 Å². The molecule has 0 saturated heterocycles. The second-order valence-corrected chi connectivity index (χ2v) is 4.58. The van der Waals surface area contributed by atoms with E-state index in [-0.39, 0.29) is 0 Å². The molecule has 1 aromatic rings. The van der Waals surface area contributed by atoms with Crippen LogP contribution in [0.5, 0.6) is 0 Å². The molecule has 4 N–H and O–H groups in total. The molecule has 6 heteroatoms. The second-order valence-electron chi connectivity index (χ2n) is 3.50. The maximum atomic E-state index is 5.45. The molecule has 0 spiro atoms. The average molecular weight is 213 g/mol. The molecular weight excluding hydrogens is 198 g/mol. The zero-order chi connectivity index (χ0) is 9.97. The molecule has 14 heavy (non-hydrogen) atoms. The Morgan fingerprint density at radius 2 is 2.43 bits per heavy atom. The van der Waals surface area contributed by atoms with Gasteiger partial charge >= 0.3 is 0 Å². The highest BCUT2D eigenvalue weighted by Crippen LogP contribution is 2.30. The van der Waals surface area contributed by atoms with Crippen LogP contribution in [0.1, 0.15) is 19.3 Å². The van der Waals surface area contributed by atoms with Gasteiger partial charge in [-0.3, -0.25) is 0 Å². The summed E-state index contributed by atoms with van der Waals surface area (Å²) in [5.41, 5.74) is 5.45. The SMILES string of the molecule is CSC1CCCC1Nc1n[nH]c(N)n1. The Kier molecular flexibility index (Phi) is 2.81. The summed E-state index contributed by atoms with van der Waals surface area (Å²) in [5, 5.41) is 10.6. The van der Waals surface area contributed by atoms with Gasteiger partial charge in [0.05, 0.1) is 0 Å². The van der Waals surface area contributed by atoms with E-state index in [1.807, 2.05) is 11.8 Å².